The van der Waals surface area contributed by atoms with E-state index in [1.54, 1.807) is 0 Å². The summed E-state index contributed by atoms with van der Waals surface area (Å²) in [6.45, 7) is 0. The molecule has 8 aromatic carbocycles. The summed E-state index contributed by atoms with van der Waals surface area (Å²) in [6, 6.07) is 64.4. The SMILES string of the molecule is c1ccc(-c2ccc3c(sc4ccccc43)c2N(c2ccc(-c3cccc4sc5ccccc5c34)cc2)c2ccc3ccccc3c2)cc1. The van der Waals surface area contributed by atoms with E-state index >= 15 is 0 Å². The van der Waals surface area contributed by atoms with E-state index in [1.807, 2.05) is 22.7 Å². The predicted molar refractivity (Wildman–Crippen MR) is 215 cm³/mol. The van der Waals surface area contributed by atoms with Crippen molar-refractivity contribution in [1.29, 1.82) is 0 Å². The molecule has 2 heterocycles. The first kappa shape index (κ1) is 28.3. The van der Waals surface area contributed by atoms with E-state index in [2.05, 4.69) is 181 Å². The Morgan fingerprint density at radius 3 is 1.86 bits per heavy atom. The largest absolute Gasteiger partial charge is 0.308 e. The molecule has 0 unspecified atom stereocenters. The minimum atomic E-state index is 1.13. The highest BCUT2D eigenvalue weighted by molar-refractivity contribution is 7.26. The predicted octanol–water partition coefficient (Wildman–Crippen LogP) is 14.4. The number of nitrogens with zero attached hydrogens (tertiary/aromatic N) is 1. The second-order valence-electron chi connectivity index (χ2n) is 12.5. The lowest BCUT2D eigenvalue weighted by Crippen LogP contribution is -2.11. The number of rotatable bonds is 5. The Labute approximate surface area is 292 Å². The van der Waals surface area contributed by atoms with E-state index in [0.29, 0.717) is 0 Å². The Morgan fingerprint density at radius 2 is 1.02 bits per heavy atom. The number of thiophene rings is 2. The maximum atomic E-state index is 2.48. The smallest absolute Gasteiger partial charge is 0.0718 e. The van der Waals surface area contributed by atoms with Crippen LogP contribution in [0.3, 0.4) is 0 Å². The zero-order valence-electron chi connectivity index (χ0n) is 26.5. The van der Waals surface area contributed by atoms with Crippen molar-refractivity contribution in [3.05, 3.63) is 176 Å². The number of hydrogen-bond donors (Lipinski definition) is 0. The minimum Gasteiger partial charge on any atom is -0.308 e. The van der Waals surface area contributed by atoms with E-state index < -0.39 is 0 Å². The van der Waals surface area contributed by atoms with Crippen molar-refractivity contribution in [3.8, 4) is 22.3 Å². The summed E-state index contributed by atoms with van der Waals surface area (Å²) in [7, 11) is 0. The average Bonchev–Trinajstić information content (AvgIpc) is 3.74. The first-order valence-corrected chi connectivity index (χ1v) is 18.2. The zero-order chi connectivity index (χ0) is 32.3. The molecule has 0 radical (unpaired) electrons. The summed E-state index contributed by atoms with van der Waals surface area (Å²) >= 11 is 3.75. The van der Waals surface area contributed by atoms with Crippen LogP contribution < -0.4 is 4.90 Å². The van der Waals surface area contributed by atoms with Gasteiger partial charge in [-0.15, -0.1) is 22.7 Å². The van der Waals surface area contributed by atoms with Crippen LogP contribution in [0.15, 0.2) is 176 Å². The lowest BCUT2D eigenvalue weighted by Gasteiger charge is -2.29. The quantitative estimate of drug-likeness (QED) is 0.178. The van der Waals surface area contributed by atoms with Crippen molar-refractivity contribution in [2.75, 3.05) is 4.90 Å². The molecular formula is C46H29NS2. The lowest BCUT2D eigenvalue weighted by molar-refractivity contribution is 1.31. The first-order valence-electron chi connectivity index (χ1n) is 16.6. The molecule has 0 spiro atoms. The molecule has 0 bridgehead atoms. The van der Waals surface area contributed by atoms with Gasteiger partial charge < -0.3 is 4.90 Å². The molecule has 0 atom stereocenters. The number of benzene rings is 8. The molecule has 230 valence electrons. The normalized spacial score (nSPS) is 11.7. The van der Waals surface area contributed by atoms with Gasteiger partial charge in [0.15, 0.2) is 0 Å². The van der Waals surface area contributed by atoms with Crippen molar-refractivity contribution in [2.45, 2.75) is 0 Å². The van der Waals surface area contributed by atoms with Gasteiger partial charge in [-0.1, -0.05) is 133 Å². The van der Waals surface area contributed by atoms with Gasteiger partial charge in [0.1, 0.15) is 0 Å². The number of anilines is 3. The molecule has 0 saturated carbocycles. The summed E-state index contributed by atoms with van der Waals surface area (Å²) in [4.78, 5) is 2.48. The Kier molecular flexibility index (Phi) is 6.61. The number of hydrogen-bond acceptors (Lipinski definition) is 3. The summed E-state index contributed by atoms with van der Waals surface area (Å²) in [5, 5.41) is 7.71. The van der Waals surface area contributed by atoms with Crippen LogP contribution in [0.25, 0.3) is 73.4 Å². The topological polar surface area (TPSA) is 3.24 Å². The molecular weight excluding hydrogens is 631 g/mol. The standard InChI is InChI=1S/C46H29NS2/c1-2-12-31(13-3-1)37-27-28-39-38-15-6-8-18-41(38)49-46(39)45(37)47(35-26-21-30-11-4-5-14-33(30)29-35)34-24-22-32(23-25-34)36-17-10-20-43-44(36)40-16-7-9-19-42(40)48-43/h1-29H. The van der Waals surface area contributed by atoms with Crippen LogP contribution in [0.1, 0.15) is 0 Å². The summed E-state index contributed by atoms with van der Waals surface area (Å²) in [5.74, 6) is 0. The zero-order valence-corrected chi connectivity index (χ0v) is 28.1. The van der Waals surface area contributed by atoms with E-state index in [9.17, 15) is 0 Å². The van der Waals surface area contributed by atoms with Crippen LogP contribution in [-0.2, 0) is 0 Å². The maximum absolute atomic E-state index is 2.48. The van der Waals surface area contributed by atoms with Crippen LogP contribution in [0, 0.1) is 0 Å². The van der Waals surface area contributed by atoms with Crippen molar-refractivity contribution < 1.29 is 0 Å². The van der Waals surface area contributed by atoms with E-state index in [0.717, 1.165) is 11.4 Å². The van der Waals surface area contributed by atoms with Crippen LogP contribution in [0.4, 0.5) is 17.1 Å². The first-order chi connectivity index (χ1) is 24.3. The van der Waals surface area contributed by atoms with E-state index in [-0.39, 0.29) is 0 Å². The molecule has 0 fully saturated rings. The molecule has 10 aromatic rings. The van der Waals surface area contributed by atoms with Gasteiger partial charge in [0.05, 0.1) is 10.4 Å². The van der Waals surface area contributed by atoms with Crippen molar-refractivity contribution in [3.63, 3.8) is 0 Å². The molecule has 0 aliphatic heterocycles. The molecule has 0 N–H and O–H groups in total. The van der Waals surface area contributed by atoms with Gasteiger partial charge in [-0.2, -0.15) is 0 Å². The van der Waals surface area contributed by atoms with Crippen molar-refractivity contribution in [1.82, 2.24) is 0 Å². The molecule has 0 aliphatic carbocycles. The Hall–Kier alpha value is -5.74. The Morgan fingerprint density at radius 1 is 0.367 bits per heavy atom. The second-order valence-corrected chi connectivity index (χ2v) is 14.6. The van der Waals surface area contributed by atoms with Crippen LogP contribution >= 0.6 is 22.7 Å². The van der Waals surface area contributed by atoms with Gasteiger partial charge in [-0.3, -0.25) is 0 Å². The van der Waals surface area contributed by atoms with Gasteiger partial charge in [-0.25, -0.2) is 0 Å². The maximum Gasteiger partial charge on any atom is 0.0718 e. The monoisotopic (exact) mass is 659 g/mol. The fourth-order valence-electron chi connectivity index (χ4n) is 7.38. The highest BCUT2D eigenvalue weighted by atomic mass is 32.1. The molecule has 0 saturated heterocycles. The van der Waals surface area contributed by atoms with Gasteiger partial charge in [0.25, 0.3) is 0 Å². The third-order valence-corrected chi connectivity index (χ3v) is 12.0. The average molecular weight is 660 g/mol. The molecule has 1 nitrogen and oxygen atoms in total. The third-order valence-electron chi connectivity index (χ3n) is 9.66. The van der Waals surface area contributed by atoms with Gasteiger partial charge in [0.2, 0.25) is 0 Å². The van der Waals surface area contributed by atoms with Crippen LogP contribution in [0.5, 0.6) is 0 Å². The summed E-state index contributed by atoms with van der Waals surface area (Å²) in [6.07, 6.45) is 0. The Bertz CT molecular complexity index is 2830. The molecule has 2 aromatic heterocycles. The Balaban J connectivity index is 1.23. The molecule has 0 aliphatic rings. The molecule has 10 rings (SSSR count). The van der Waals surface area contributed by atoms with Crippen LogP contribution in [-0.4, -0.2) is 0 Å². The van der Waals surface area contributed by atoms with E-state index in [4.69, 9.17) is 0 Å². The fraction of sp³-hybridized carbons (Fsp3) is 0. The summed E-state index contributed by atoms with van der Waals surface area (Å²) in [5.41, 5.74) is 8.39. The minimum absolute atomic E-state index is 1.13. The van der Waals surface area contributed by atoms with Crippen molar-refractivity contribution >= 4 is 90.9 Å². The van der Waals surface area contributed by atoms with Gasteiger partial charge >= 0.3 is 0 Å². The van der Waals surface area contributed by atoms with Crippen LogP contribution in [0.2, 0.25) is 0 Å². The van der Waals surface area contributed by atoms with Gasteiger partial charge in [-0.05, 0) is 69.9 Å². The highest BCUT2D eigenvalue weighted by Gasteiger charge is 2.23. The van der Waals surface area contributed by atoms with Gasteiger partial charge in [0, 0.05) is 52.6 Å². The summed E-state index contributed by atoms with van der Waals surface area (Å²) < 4.78 is 5.24. The molecule has 3 heteroatoms. The fourth-order valence-corrected chi connectivity index (χ4v) is 9.75. The molecule has 49 heavy (non-hydrogen) atoms. The highest BCUT2D eigenvalue weighted by Crippen LogP contribution is 2.50. The van der Waals surface area contributed by atoms with Crippen molar-refractivity contribution in [2.24, 2.45) is 0 Å². The molecule has 0 amide bonds. The lowest BCUT2D eigenvalue weighted by atomic mass is 9.97. The third kappa shape index (κ3) is 4.66. The van der Waals surface area contributed by atoms with E-state index in [1.165, 1.54) is 79.1 Å². The number of fused-ring (bicyclic) bond motifs is 7. The second kappa shape index (κ2) is 11.5.